The van der Waals surface area contributed by atoms with Gasteiger partial charge in [-0.15, -0.1) is 0 Å². The number of rotatable bonds is 5. The highest BCUT2D eigenvalue weighted by molar-refractivity contribution is 6.37. The molecule has 3 rings (SSSR count). The van der Waals surface area contributed by atoms with Crippen LogP contribution in [0.1, 0.15) is 28.9 Å². The van der Waals surface area contributed by atoms with Gasteiger partial charge in [-0.2, -0.15) is 5.10 Å². The lowest BCUT2D eigenvalue weighted by molar-refractivity contribution is 0.0940. The molecule has 0 aliphatic heterocycles. The third-order valence-corrected chi connectivity index (χ3v) is 4.45. The van der Waals surface area contributed by atoms with Gasteiger partial charge < -0.3 is 10.1 Å². The average molecular weight is 391 g/mol. The van der Waals surface area contributed by atoms with Crippen molar-refractivity contribution in [3.63, 3.8) is 0 Å². The van der Waals surface area contributed by atoms with Crippen LogP contribution in [-0.2, 0) is 0 Å². The minimum atomic E-state index is -0.274. The zero-order chi connectivity index (χ0) is 18.7. The second kappa shape index (κ2) is 7.76. The summed E-state index contributed by atoms with van der Waals surface area (Å²) in [5, 5.41) is 7.58. The minimum Gasteiger partial charge on any atom is -0.494 e. The van der Waals surface area contributed by atoms with Crippen LogP contribution in [0.5, 0.6) is 5.75 Å². The number of amides is 1. The molecule has 0 aliphatic carbocycles. The van der Waals surface area contributed by atoms with Crippen LogP contribution in [0.25, 0.3) is 5.69 Å². The van der Waals surface area contributed by atoms with Crippen LogP contribution in [-0.4, -0.2) is 27.8 Å². The fourth-order valence-corrected chi connectivity index (χ4v) is 3.15. The van der Waals surface area contributed by atoms with E-state index in [2.05, 4.69) is 15.4 Å². The summed E-state index contributed by atoms with van der Waals surface area (Å²) in [6.45, 7) is 1.90. The normalized spacial score (nSPS) is 11.8. The van der Waals surface area contributed by atoms with E-state index in [-0.39, 0.29) is 22.0 Å². The van der Waals surface area contributed by atoms with Crippen LogP contribution < -0.4 is 10.1 Å². The highest BCUT2D eigenvalue weighted by atomic mass is 35.5. The zero-order valence-corrected chi connectivity index (χ0v) is 15.6. The van der Waals surface area contributed by atoms with E-state index >= 15 is 0 Å². The van der Waals surface area contributed by atoms with Crippen LogP contribution in [0.2, 0.25) is 10.0 Å². The van der Waals surface area contributed by atoms with Gasteiger partial charge in [0, 0.05) is 5.56 Å². The standard InChI is InChI=1S/C18H16Cl2N4O2/c1-11(12-3-5-14(6-4-12)24-10-21-9-22-24)23-18(25)13-7-15(19)17(26-2)16(20)8-13/h3-11H,1-2H3,(H,23,25). The van der Waals surface area contributed by atoms with Crippen molar-refractivity contribution in [2.24, 2.45) is 0 Å². The number of hydrogen-bond donors (Lipinski definition) is 1. The monoisotopic (exact) mass is 390 g/mol. The number of ether oxygens (including phenoxy) is 1. The van der Waals surface area contributed by atoms with Crippen LogP contribution in [0.15, 0.2) is 49.1 Å². The first-order chi connectivity index (χ1) is 12.5. The van der Waals surface area contributed by atoms with Crippen molar-refractivity contribution in [2.45, 2.75) is 13.0 Å². The van der Waals surface area contributed by atoms with E-state index in [1.807, 2.05) is 31.2 Å². The molecule has 0 saturated heterocycles. The van der Waals surface area contributed by atoms with E-state index in [4.69, 9.17) is 27.9 Å². The molecule has 1 aromatic heterocycles. The maximum absolute atomic E-state index is 12.5. The molecule has 26 heavy (non-hydrogen) atoms. The molecular weight excluding hydrogens is 375 g/mol. The predicted octanol–water partition coefficient (Wildman–Crippen LogP) is 4.07. The molecule has 0 fully saturated rings. The van der Waals surface area contributed by atoms with Gasteiger partial charge in [-0.05, 0) is 36.8 Å². The molecule has 1 atom stereocenters. The summed E-state index contributed by atoms with van der Waals surface area (Å²) in [5.74, 6) is 0.0749. The van der Waals surface area contributed by atoms with Gasteiger partial charge in [0.15, 0.2) is 5.75 Å². The number of methoxy groups -OCH3 is 1. The zero-order valence-electron chi connectivity index (χ0n) is 14.1. The Morgan fingerprint density at radius 1 is 1.19 bits per heavy atom. The van der Waals surface area contributed by atoms with Gasteiger partial charge in [-0.25, -0.2) is 9.67 Å². The summed E-state index contributed by atoms with van der Waals surface area (Å²) in [4.78, 5) is 16.4. The Bertz CT molecular complexity index is 888. The van der Waals surface area contributed by atoms with Crippen molar-refractivity contribution in [3.05, 3.63) is 70.2 Å². The molecule has 1 amide bonds. The Balaban J connectivity index is 1.73. The number of benzene rings is 2. The first-order valence-electron chi connectivity index (χ1n) is 7.78. The van der Waals surface area contributed by atoms with Gasteiger partial charge in [-0.3, -0.25) is 4.79 Å². The second-order valence-corrected chi connectivity index (χ2v) is 6.41. The van der Waals surface area contributed by atoms with Gasteiger partial charge in [0.05, 0.1) is 28.9 Å². The van der Waals surface area contributed by atoms with Crippen molar-refractivity contribution in [2.75, 3.05) is 7.11 Å². The molecule has 134 valence electrons. The van der Waals surface area contributed by atoms with Gasteiger partial charge in [0.1, 0.15) is 12.7 Å². The van der Waals surface area contributed by atoms with Crippen molar-refractivity contribution < 1.29 is 9.53 Å². The lowest BCUT2D eigenvalue weighted by Crippen LogP contribution is -2.26. The van der Waals surface area contributed by atoms with Crippen molar-refractivity contribution in [3.8, 4) is 11.4 Å². The smallest absolute Gasteiger partial charge is 0.251 e. The molecule has 8 heteroatoms. The van der Waals surface area contributed by atoms with Gasteiger partial charge >= 0.3 is 0 Å². The molecule has 0 radical (unpaired) electrons. The fraction of sp³-hybridized carbons (Fsp3) is 0.167. The maximum Gasteiger partial charge on any atom is 0.251 e. The number of halogens is 2. The Morgan fingerprint density at radius 3 is 2.38 bits per heavy atom. The number of carbonyl (C=O) groups is 1. The molecule has 6 nitrogen and oxygen atoms in total. The van der Waals surface area contributed by atoms with Gasteiger partial charge in [0.25, 0.3) is 5.91 Å². The van der Waals surface area contributed by atoms with Crippen molar-refractivity contribution in [1.29, 1.82) is 0 Å². The number of carbonyl (C=O) groups excluding carboxylic acids is 1. The maximum atomic E-state index is 12.5. The number of nitrogens with one attached hydrogen (secondary N) is 1. The van der Waals surface area contributed by atoms with Gasteiger partial charge in [-0.1, -0.05) is 35.3 Å². The molecule has 0 saturated carbocycles. The van der Waals surface area contributed by atoms with E-state index in [1.54, 1.807) is 11.0 Å². The molecule has 2 aromatic carbocycles. The highest BCUT2D eigenvalue weighted by Crippen LogP contribution is 2.33. The fourth-order valence-electron chi connectivity index (χ4n) is 2.51. The van der Waals surface area contributed by atoms with E-state index in [0.29, 0.717) is 11.3 Å². The SMILES string of the molecule is COc1c(Cl)cc(C(=O)NC(C)c2ccc(-n3cncn3)cc2)cc1Cl. The lowest BCUT2D eigenvalue weighted by atomic mass is 10.1. The molecule has 1 unspecified atom stereocenters. The minimum absolute atomic E-state index is 0.202. The molecule has 0 aliphatic rings. The highest BCUT2D eigenvalue weighted by Gasteiger charge is 2.16. The Morgan fingerprint density at radius 2 is 1.85 bits per heavy atom. The summed E-state index contributed by atoms with van der Waals surface area (Å²) >= 11 is 12.2. The van der Waals surface area contributed by atoms with E-state index in [1.165, 1.54) is 25.6 Å². The molecule has 0 spiro atoms. The molecule has 0 bridgehead atoms. The Hall–Kier alpha value is -2.57. The Labute approximate surface area is 160 Å². The summed E-state index contributed by atoms with van der Waals surface area (Å²) in [5.41, 5.74) is 2.21. The van der Waals surface area contributed by atoms with Crippen LogP contribution in [0.3, 0.4) is 0 Å². The third-order valence-electron chi connectivity index (χ3n) is 3.89. The van der Waals surface area contributed by atoms with Crippen molar-refractivity contribution >= 4 is 29.1 Å². The lowest BCUT2D eigenvalue weighted by Gasteiger charge is -2.16. The second-order valence-electron chi connectivity index (χ2n) is 5.60. The molecule has 1 N–H and O–H groups in total. The summed E-state index contributed by atoms with van der Waals surface area (Å²) in [7, 11) is 1.47. The largest absolute Gasteiger partial charge is 0.494 e. The Kier molecular flexibility index (Phi) is 5.44. The summed E-state index contributed by atoms with van der Waals surface area (Å²) in [6.07, 6.45) is 3.10. The number of aromatic nitrogens is 3. The van der Waals surface area contributed by atoms with Crippen LogP contribution >= 0.6 is 23.2 Å². The third kappa shape index (κ3) is 3.81. The number of nitrogens with zero attached hydrogens (tertiary/aromatic N) is 3. The van der Waals surface area contributed by atoms with E-state index in [9.17, 15) is 4.79 Å². The number of hydrogen-bond acceptors (Lipinski definition) is 4. The topological polar surface area (TPSA) is 69.0 Å². The molecular formula is C18H16Cl2N4O2. The van der Waals surface area contributed by atoms with E-state index in [0.717, 1.165) is 11.3 Å². The summed E-state index contributed by atoms with van der Waals surface area (Å²) < 4.78 is 6.76. The van der Waals surface area contributed by atoms with E-state index < -0.39 is 0 Å². The first-order valence-corrected chi connectivity index (χ1v) is 8.54. The van der Waals surface area contributed by atoms with Crippen molar-refractivity contribution in [1.82, 2.24) is 20.1 Å². The average Bonchev–Trinajstić information content (AvgIpc) is 3.16. The van der Waals surface area contributed by atoms with Gasteiger partial charge in [0.2, 0.25) is 0 Å². The molecule has 3 aromatic rings. The predicted molar refractivity (Wildman–Crippen MR) is 100 cm³/mol. The first kappa shape index (κ1) is 18.2. The molecule has 1 heterocycles. The van der Waals surface area contributed by atoms with Crippen LogP contribution in [0, 0.1) is 0 Å². The summed E-state index contributed by atoms with van der Waals surface area (Å²) in [6, 6.07) is 10.5. The quantitative estimate of drug-likeness (QED) is 0.712. The van der Waals surface area contributed by atoms with Crippen LogP contribution in [0.4, 0.5) is 0 Å².